The van der Waals surface area contributed by atoms with Crippen LogP contribution in [0.3, 0.4) is 0 Å². The second-order valence-corrected chi connectivity index (χ2v) is 6.80. The average molecular weight is 350 g/mol. The van der Waals surface area contributed by atoms with Crippen molar-refractivity contribution >= 4 is 44.6 Å². The van der Waals surface area contributed by atoms with Crippen LogP contribution in [0, 0.1) is 5.82 Å². The molecule has 0 unspecified atom stereocenters. The third-order valence-corrected chi connectivity index (χ3v) is 5.39. The molecule has 5 nitrogen and oxygen atoms in total. The first-order valence-corrected chi connectivity index (χ1v) is 7.78. The molecule has 2 rings (SSSR count). The largest absolute Gasteiger partial charge is 0.396 e. The van der Waals surface area contributed by atoms with Crippen molar-refractivity contribution in [1.29, 1.82) is 0 Å². The number of rotatable bonds is 3. The van der Waals surface area contributed by atoms with Crippen LogP contribution in [0.4, 0.5) is 15.8 Å². The fourth-order valence-corrected chi connectivity index (χ4v) is 3.61. The van der Waals surface area contributed by atoms with Crippen LogP contribution >= 0.6 is 23.2 Å². The molecule has 0 fully saturated rings. The Kier molecular flexibility index (Phi) is 4.27. The van der Waals surface area contributed by atoms with E-state index in [0.29, 0.717) is 0 Å². The first-order chi connectivity index (χ1) is 9.76. The van der Waals surface area contributed by atoms with Gasteiger partial charge >= 0.3 is 0 Å². The zero-order valence-electron chi connectivity index (χ0n) is 10.7. The van der Waals surface area contributed by atoms with Gasteiger partial charge in [0.1, 0.15) is 4.90 Å². The van der Waals surface area contributed by atoms with Crippen molar-refractivity contribution in [3.8, 4) is 0 Å². The van der Waals surface area contributed by atoms with Gasteiger partial charge in [-0.3, -0.25) is 9.29 Å². The topological polar surface area (TPSA) is 76.3 Å². The lowest BCUT2D eigenvalue weighted by atomic mass is 10.3. The summed E-state index contributed by atoms with van der Waals surface area (Å²) in [5, 5.41) is -0.827. The molecule has 1 aromatic carbocycles. The smallest absolute Gasteiger partial charge is 0.265 e. The van der Waals surface area contributed by atoms with Crippen molar-refractivity contribution in [2.45, 2.75) is 4.90 Å². The number of nitrogens with two attached hydrogens (primary N) is 1. The molecule has 0 amide bonds. The predicted molar refractivity (Wildman–Crippen MR) is 80.7 cm³/mol. The molecule has 0 saturated heterocycles. The second-order valence-electron chi connectivity index (χ2n) is 4.08. The Bertz CT molecular complexity index is 799. The Labute approximate surface area is 131 Å². The minimum atomic E-state index is -4.09. The Balaban J connectivity index is 2.58. The molecule has 0 spiro atoms. The van der Waals surface area contributed by atoms with Gasteiger partial charge in [-0.25, -0.2) is 12.8 Å². The van der Waals surface area contributed by atoms with E-state index in [1.54, 1.807) is 0 Å². The van der Waals surface area contributed by atoms with Crippen LogP contribution in [0.1, 0.15) is 0 Å². The van der Waals surface area contributed by atoms with Crippen LogP contribution < -0.4 is 10.0 Å². The number of sulfonamides is 1. The van der Waals surface area contributed by atoms with Gasteiger partial charge < -0.3 is 5.73 Å². The number of hydrogen-bond acceptors (Lipinski definition) is 4. The van der Waals surface area contributed by atoms with Gasteiger partial charge in [-0.05, 0) is 18.2 Å². The van der Waals surface area contributed by atoms with Crippen LogP contribution in [0.15, 0.2) is 35.5 Å². The molecular weight excluding hydrogens is 340 g/mol. The molecule has 0 aliphatic heterocycles. The Morgan fingerprint density at radius 1 is 1.29 bits per heavy atom. The standard InChI is InChI=1S/C12H10Cl2FN3O2S/c1-18(9-4-5-17-6-8(9)16)21(19,20)10-3-2-7(13)12(15)11(10)14/h2-6H,16H2,1H3. The molecule has 0 bridgehead atoms. The van der Waals surface area contributed by atoms with E-state index in [2.05, 4.69) is 4.98 Å². The summed E-state index contributed by atoms with van der Waals surface area (Å²) in [5.41, 5.74) is 6.06. The third-order valence-electron chi connectivity index (χ3n) is 2.81. The van der Waals surface area contributed by atoms with E-state index in [-0.39, 0.29) is 16.4 Å². The molecule has 2 aromatic rings. The predicted octanol–water partition coefficient (Wildman–Crippen LogP) is 2.93. The normalized spacial score (nSPS) is 11.4. The Hall–Kier alpha value is -1.57. The maximum Gasteiger partial charge on any atom is 0.265 e. The van der Waals surface area contributed by atoms with E-state index in [4.69, 9.17) is 28.9 Å². The summed E-state index contributed by atoms with van der Waals surface area (Å²) in [6, 6.07) is 3.68. The van der Waals surface area contributed by atoms with E-state index >= 15 is 0 Å². The molecule has 21 heavy (non-hydrogen) atoms. The Morgan fingerprint density at radius 3 is 2.57 bits per heavy atom. The molecule has 0 aliphatic rings. The van der Waals surface area contributed by atoms with Crippen LogP contribution in [0.25, 0.3) is 0 Å². The molecule has 0 atom stereocenters. The molecular formula is C12H10Cl2FN3O2S. The number of pyridine rings is 1. The number of nitrogen functional groups attached to an aromatic ring is 1. The number of nitrogens with zero attached hydrogens (tertiary/aromatic N) is 2. The molecule has 9 heteroatoms. The number of benzene rings is 1. The lowest BCUT2D eigenvalue weighted by Gasteiger charge is -2.21. The van der Waals surface area contributed by atoms with E-state index in [1.165, 1.54) is 25.5 Å². The Morgan fingerprint density at radius 2 is 1.95 bits per heavy atom. The summed E-state index contributed by atoms with van der Waals surface area (Å²) in [5.74, 6) is -0.990. The highest BCUT2D eigenvalue weighted by Gasteiger charge is 2.27. The molecule has 1 heterocycles. The summed E-state index contributed by atoms with van der Waals surface area (Å²) >= 11 is 11.3. The van der Waals surface area contributed by atoms with E-state index in [1.807, 2.05) is 0 Å². The molecule has 2 N–H and O–H groups in total. The molecule has 1 aromatic heterocycles. The summed E-state index contributed by atoms with van der Waals surface area (Å²) < 4.78 is 39.6. The number of anilines is 2. The van der Waals surface area contributed by atoms with Crippen LogP contribution in [0.2, 0.25) is 10.0 Å². The third kappa shape index (κ3) is 2.76. The second kappa shape index (κ2) is 5.67. The number of hydrogen-bond donors (Lipinski definition) is 1. The number of halogens is 3. The maximum atomic E-state index is 13.7. The fraction of sp³-hybridized carbons (Fsp3) is 0.0833. The molecule has 0 saturated carbocycles. The molecule has 112 valence electrons. The van der Waals surface area contributed by atoms with Gasteiger partial charge in [0, 0.05) is 13.2 Å². The van der Waals surface area contributed by atoms with Crippen LogP contribution in [-0.4, -0.2) is 20.4 Å². The highest BCUT2D eigenvalue weighted by molar-refractivity contribution is 7.93. The van der Waals surface area contributed by atoms with Gasteiger partial charge in [-0.2, -0.15) is 0 Å². The monoisotopic (exact) mass is 349 g/mol. The van der Waals surface area contributed by atoms with E-state index in [9.17, 15) is 12.8 Å². The minimum absolute atomic E-state index is 0.161. The highest BCUT2D eigenvalue weighted by Crippen LogP contribution is 2.33. The summed E-state index contributed by atoms with van der Waals surface area (Å²) in [4.78, 5) is 3.38. The van der Waals surface area contributed by atoms with Gasteiger partial charge in [-0.15, -0.1) is 0 Å². The van der Waals surface area contributed by atoms with E-state index in [0.717, 1.165) is 16.4 Å². The van der Waals surface area contributed by atoms with Crippen molar-refractivity contribution in [3.63, 3.8) is 0 Å². The van der Waals surface area contributed by atoms with Crippen LogP contribution in [0.5, 0.6) is 0 Å². The average Bonchev–Trinajstić information content (AvgIpc) is 2.44. The summed E-state index contributed by atoms with van der Waals surface area (Å²) in [6.07, 6.45) is 2.70. The first kappa shape index (κ1) is 15.8. The summed E-state index contributed by atoms with van der Waals surface area (Å²) in [7, 11) is -2.81. The van der Waals surface area contributed by atoms with Crippen molar-refractivity contribution in [3.05, 3.63) is 46.5 Å². The van der Waals surface area contributed by atoms with Gasteiger partial charge in [0.15, 0.2) is 5.82 Å². The zero-order chi connectivity index (χ0) is 15.8. The van der Waals surface area contributed by atoms with E-state index < -0.39 is 25.8 Å². The molecule has 0 radical (unpaired) electrons. The molecule has 0 aliphatic carbocycles. The lowest BCUT2D eigenvalue weighted by Crippen LogP contribution is -2.27. The maximum absolute atomic E-state index is 13.7. The quantitative estimate of drug-likeness (QED) is 0.864. The van der Waals surface area contributed by atoms with Gasteiger partial charge in [0.25, 0.3) is 10.0 Å². The van der Waals surface area contributed by atoms with Crippen molar-refractivity contribution in [2.24, 2.45) is 0 Å². The highest BCUT2D eigenvalue weighted by atomic mass is 35.5. The van der Waals surface area contributed by atoms with Crippen LogP contribution in [-0.2, 0) is 10.0 Å². The SMILES string of the molecule is CN(c1ccncc1N)S(=O)(=O)c1ccc(Cl)c(F)c1Cl. The van der Waals surface area contributed by atoms with Crippen molar-refractivity contribution in [2.75, 3.05) is 17.1 Å². The first-order valence-electron chi connectivity index (χ1n) is 5.58. The van der Waals surface area contributed by atoms with Gasteiger partial charge in [0.2, 0.25) is 0 Å². The van der Waals surface area contributed by atoms with Gasteiger partial charge in [0.05, 0.1) is 27.6 Å². The van der Waals surface area contributed by atoms with Gasteiger partial charge in [-0.1, -0.05) is 23.2 Å². The summed E-state index contributed by atoms with van der Waals surface area (Å²) in [6.45, 7) is 0. The number of aromatic nitrogens is 1. The zero-order valence-corrected chi connectivity index (χ0v) is 13.0. The lowest BCUT2D eigenvalue weighted by molar-refractivity contribution is 0.589. The minimum Gasteiger partial charge on any atom is -0.396 e. The van der Waals surface area contributed by atoms with Crippen molar-refractivity contribution < 1.29 is 12.8 Å². The fourth-order valence-electron chi connectivity index (χ4n) is 1.67. The van der Waals surface area contributed by atoms with Crippen molar-refractivity contribution in [1.82, 2.24) is 4.98 Å².